The summed E-state index contributed by atoms with van der Waals surface area (Å²) in [4.78, 5) is 15.3. The molecule has 0 spiro atoms. The van der Waals surface area contributed by atoms with Crippen LogP contribution in [-0.4, -0.2) is 39.9 Å². The largest absolute Gasteiger partial charge is 0.392 e. The van der Waals surface area contributed by atoms with Gasteiger partial charge in [-0.1, -0.05) is 31.5 Å². The van der Waals surface area contributed by atoms with Crippen molar-refractivity contribution in [3.63, 3.8) is 0 Å². The van der Waals surface area contributed by atoms with Gasteiger partial charge in [-0.2, -0.15) is 11.8 Å². The van der Waals surface area contributed by atoms with Crippen LogP contribution in [0.5, 0.6) is 0 Å². The first-order chi connectivity index (χ1) is 8.58. The Balaban J connectivity index is 2.19. The van der Waals surface area contributed by atoms with Gasteiger partial charge in [0.2, 0.25) is 5.91 Å². The van der Waals surface area contributed by atoms with Crippen molar-refractivity contribution in [1.82, 2.24) is 4.90 Å². The van der Waals surface area contributed by atoms with E-state index in [1.54, 1.807) is 0 Å². The van der Waals surface area contributed by atoms with Crippen molar-refractivity contribution in [2.75, 3.05) is 18.1 Å². The molecule has 5 heteroatoms. The number of hydrogen-bond acceptors (Lipinski definition) is 3. The minimum atomic E-state index is -0.538. The van der Waals surface area contributed by atoms with E-state index in [1.165, 1.54) is 6.42 Å². The summed E-state index contributed by atoms with van der Waals surface area (Å²) < 4.78 is 0. The second kappa shape index (κ2) is 5.78. The summed E-state index contributed by atoms with van der Waals surface area (Å²) in [5.41, 5.74) is 5.40. The number of amides is 1. The van der Waals surface area contributed by atoms with E-state index in [2.05, 4.69) is 6.92 Å². The molecule has 1 aliphatic carbocycles. The third kappa shape index (κ3) is 2.52. The molecule has 1 saturated heterocycles. The molecule has 102 valence electrons. The summed E-state index contributed by atoms with van der Waals surface area (Å²) in [6, 6.07) is 0.310. The van der Waals surface area contributed by atoms with Crippen LogP contribution >= 0.6 is 24.0 Å². The molecular weight excluding hydrogens is 264 g/mol. The second-order valence-corrected chi connectivity index (χ2v) is 7.02. The molecule has 0 aromatic rings. The van der Waals surface area contributed by atoms with Crippen molar-refractivity contribution in [3.8, 4) is 0 Å². The number of thiocarbonyl (C=S) groups is 1. The topological polar surface area (TPSA) is 46.3 Å². The lowest BCUT2D eigenvalue weighted by atomic mass is 9.72. The van der Waals surface area contributed by atoms with Gasteiger partial charge in [0.05, 0.1) is 10.4 Å². The molecule has 1 atom stereocenters. The predicted molar refractivity (Wildman–Crippen MR) is 80.8 cm³/mol. The van der Waals surface area contributed by atoms with Crippen molar-refractivity contribution in [2.45, 2.75) is 45.1 Å². The van der Waals surface area contributed by atoms with Crippen molar-refractivity contribution >= 4 is 34.9 Å². The fourth-order valence-corrected chi connectivity index (χ4v) is 4.33. The predicted octanol–water partition coefficient (Wildman–Crippen LogP) is 2.19. The first-order valence-electron chi connectivity index (χ1n) is 6.77. The Labute approximate surface area is 119 Å². The Morgan fingerprint density at radius 3 is 2.61 bits per heavy atom. The zero-order valence-corrected chi connectivity index (χ0v) is 12.6. The van der Waals surface area contributed by atoms with Gasteiger partial charge < -0.3 is 10.6 Å². The molecular formula is C13H22N2OS2. The molecule has 3 nitrogen and oxygen atoms in total. The van der Waals surface area contributed by atoms with Gasteiger partial charge in [0.15, 0.2) is 0 Å². The Kier molecular flexibility index (Phi) is 4.54. The zero-order valence-electron chi connectivity index (χ0n) is 11.0. The van der Waals surface area contributed by atoms with E-state index in [4.69, 9.17) is 18.0 Å². The van der Waals surface area contributed by atoms with Gasteiger partial charge in [-0.15, -0.1) is 0 Å². The monoisotopic (exact) mass is 286 g/mol. The molecule has 0 radical (unpaired) electrons. The van der Waals surface area contributed by atoms with Gasteiger partial charge in [0.1, 0.15) is 0 Å². The maximum Gasteiger partial charge on any atom is 0.235 e. The SMILES string of the molecule is CC1CSCCN1C(=O)C1(C(N)=S)CCCCC1. The first kappa shape index (κ1) is 14.1. The second-order valence-electron chi connectivity index (χ2n) is 5.43. The number of nitrogens with two attached hydrogens (primary N) is 1. The third-order valence-corrected chi connectivity index (χ3v) is 5.80. The molecule has 1 unspecified atom stereocenters. The standard InChI is InChI=1S/C13H22N2OS2/c1-10-9-18-8-7-15(10)12(16)13(11(14)17)5-3-2-4-6-13/h10H,2-9H2,1H3,(H2,14,17). The number of rotatable bonds is 2. The molecule has 0 aromatic heterocycles. The lowest BCUT2D eigenvalue weighted by Crippen LogP contribution is -2.56. The maximum atomic E-state index is 12.9. The highest BCUT2D eigenvalue weighted by Gasteiger charge is 2.45. The summed E-state index contributed by atoms with van der Waals surface area (Å²) in [6.07, 6.45) is 5.03. The summed E-state index contributed by atoms with van der Waals surface area (Å²) in [6.45, 7) is 2.97. The van der Waals surface area contributed by atoms with E-state index in [0.29, 0.717) is 11.0 Å². The van der Waals surface area contributed by atoms with Gasteiger partial charge in [-0.3, -0.25) is 4.79 Å². The fraction of sp³-hybridized carbons (Fsp3) is 0.846. The first-order valence-corrected chi connectivity index (χ1v) is 8.33. The van der Waals surface area contributed by atoms with Crippen molar-refractivity contribution < 1.29 is 4.79 Å². The molecule has 1 heterocycles. The smallest absolute Gasteiger partial charge is 0.235 e. The number of carbonyl (C=O) groups excluding carboxylic acids is 1. The number of hydrogen-bond donors (Lipinski definition) is 1. The van der Waals surface area contributed by atoms with Crippen LogP contribution in [0.2, 0.25) is 0 Å². The highest BCUT2D eigenvalue weighted by atomic mass is 32.2. The summed E-state index contributed by atoms with van der Waals surface area (Å²) >= 11 is 7.16. The highest BCUT2D eigenvalue weighted by molar-refractivity contribution is 7.99. The molecule has 2 aliphatic rings. The maximum absolute atomic E-state index is 12.9. The summed E-state index contributed by atoms with van der Waals surface area (Å²) in [5.74, 6) is 2.25. The van der Waals surface area contributed by atoms with Gasteiger partial charge in [-0.25, -0.2) is 0 Å². The Bertz CT molecular complexity index is 340. The van der Waals surface area contributed by atoms with Gasteiger partial charge in [0.25, 0.3) is 0 Å². The van der Waals surface area contributed by atoms with E-state index in [0.717, 1.165) is 43.7 Å². The Morgan fingerprint density at radius 1 is 1.39 bits per heavy atom. The molecule has 18 heavy (non-hydrogen) atoms. The lowest BCUT2D eigenvalue weighted by Gasteiger charge is -2.42. The van der Waals surface area contributed by atoms with Crippen LogP contribution in [-0.2, 0) is 4.79 Å². The van der Waals surface area contributed by atoms with Crippen LogP contribution in [0.15, 0.2) is 0 Å². The molecule has 2 N–H and O–H groups in total. The normalized spacial score (nSPS) is 27.8. The van der Waals surface area contributed by atoms with Gasteiger partial charge in [-0.05, 0) is 19.8 Å². The molecule has 1 amide bonds. The Morgan fingerprint density at radius 2 is 2.06 bits per heavy atom. The van der Waals surface area contributed by atoms with Crippen LogP contribution in [0.25, 0.3) is 0 Å². The fourth-order valence-electron chi connectivity index (χ4n) is 3.02. The molecule has 1 aliphatic heterocycles. The summed E-state index contributed by atoms with van der Waals surface area (Å²) in [5, 5.41) is 0. The van der Waals surface area contributed by atoms with E-state index < -0.39 is 5.41 Å². The van der Waals surface area contributed by atoms with Crippen LogP contribution in [0.1, 0.15) is 39.0 Å². The van der Waals surface area contributed by atoms with Crippen LogP contribution in [0, 0.1) is 5.41 Å². The minimum absolute atomic E-state index is 0.197. The average molecular weight is 286 g/mol. The molecule has 0 aromatic carbocycles. The quantitative estimate of drug-likeness (QED) is 0.791. The molecule has 2 fully saturated rings. The lowest BCUT2D eigenvalue weighted by molar-refractivity contribution is -0.141. The van der Waals surface area contributed by atoms with Crippen molar-refractivity contribution in [1.29, 1.82) is 0 Å². The Hall–Kier alpha value is -0.290. The van der Waals surface area contributed by atoms with Crippen LogP contribution in [0.4, 0.5) is 0 Å². The molecule has 2 rings (SSSR count). The molecule has 0 bridgehead atoms. The zero-order chi connectivity index (χ0) is 13.2. The van der Waals surface area contributed by atoms with E-state index >= 15 is 0 Å². The number of thioether (sulfide) groups is 1. The average Bonchev–Trinajstić information content (AvgIpc) is 2.39. The summed E-state index contributed by atoms with van der Waals surface area (Å²) in [7, 11) is 0. The van der Waals surface area contributed by atoms with Gasteiger partial charge >= 0.3 is 0 Å². The van der Waals surface area contributed by atoms with E-state index in [-0.39, 0.29) is 5.91 Å². The third-order valence-electron chi connectivity index (χ3n) is 4.22. The number of nitrogens with zero attached hydrogens (tertiary/aromatic N) is 1. The van der Waals surface area contributed by atoms with E-state index in [1.807, 2.05) is 16.7 Å². The van der Waals surface area contributed by atoms with Crippen LogP contribution < -0.4 is 5.73 Å². The minimum Gasteiger partial charge on any atom is -0.392 e. The number of carbonyl (C=O) groups is 1. The van der Waals surface area contributed by atoms with Gasteiger partial charge in [0, 0.05) is 24.1 Å². The molecule has 1 saturated carbocycles. The van der Waals surface area contributed by atoms with Crippen molar-refractivity contribution in [3.05, 3.63) is 0 Å². The highest BCUT2D eigenvalue weighted by Crippen LogP contribution is 2.39. The van der Waals surface area contributed by atoms with Crippen molar-refractivity contribution in [2.24, 2.45) is 11.1 Å². The van der Waals surface area contributed by atoms with Crippen LogP contribution in [0.3, 0.4) is 0 Å². The van der Waals surface area contributed by atoms with E-state index in [9.17, 15) is 4.79 Å².